The van der Waals surface area contributed by atoms with Crippen LogP contribution in [0.2, 0.25) is 0 Å². The lowest BCUT2D eigenvalue weighted by atomic mass is 9.91. The summed E-state index contributed by atoms with van der Waals surface area (Å²) in [6.45, 7) is 10.2. The largest absolute Gasteiger partial charge is 0.311 e. The molecule has 1 aliphatic heterocycles. The predicted octanol–water partition coefficient (Wildman–Crippen LogP) is 2.89. The van der Waals surface area contributed by atoms with Gasteiger partial charge in [-0.3, -0.25) is 4.90 Å². The SMILES string of the molecule is CCCC1CN(Cc2nccs2)C(C)(CC)CN1. The first-order valence-electron chi connectivity index (χ1n) is 7.04. The maximum Gasteiger partial charge on any atom is 0.107 e. The Morgan fingerprint density at radius 1 is 1.56 bits per heavy atom. The molecular formula is C14H25N3S. The van der Waals surface area contributed by atoms with Crippen LogP contribution in [0, 0.1) is 0 Å². The minimum atomic E-state index is 0.274. The molecule has 0 spiro atoms. The highest BCUT2D eigenvalue weighted by molar-refractivity contribution is 7.09. The summed E-state index contributed by atoms with van der Waals surface area (Å²) in [5.41, 5.74) is 0.274. The van der Waals surface area contributed by atoms with Gasteiger partial charge in [0.15, 0.2) is 0 Å². The summed E-state index contributed by atoms with van der Waals surface area (Å²) < 4.78 is 0. The van der Waals surface area contributed by atoms with E-state index in [2.05, 4.69) is 41.4 Å². The minimum absolute atomic E-state index is 0.274. The third kappa shape index (κ3) is 3.11. The van der Waals surface area contributed by atoms with Gasteiger partial charge < -0.3 is 5.32 Å². The average molecular weight is 267 g/mol. The van der Waals surface area contributed by atoms with E-state index in [-0.39, 0.29) is 5.54 Å². The van der Waals surface area contributed by atoms with Gasteiger partial charge in [0.2, 0.25) is 0 Å². The van der Waals surface area contributed by atoms with E-state index in [0.29, 0.717) is 6.04 Å². The maximum absolute atomic E-state index is 4.44. The van der Waals surface area contributed by atoms with Crippen molar-refractivity contribution in [2.75, 3.05) is 13.1 Å². The molecule has 0 aliphatic carbocycles. The zero-order valence-corrected chi connectivity index (χ0v) is 12.6. The van der Waals surface area contributed by atoms with E-state index < -0.39 is 0 Å². The fourth-order valence-electron chi connectivity index (χ4n) is 2.67. The van der Waals surface area contributed by atoms with E-state index in [1.165, 1.54) is 24.3 Å². The van der Waals surface area contributed by atoms with Crippen LogP contribution in [0.15, 0.2) is 11.6 Å². The summed E-state index contributed by atoms with van der Waals surface area (Å²) in [6, 6.07) is 0.648. The van der Waals surface area contributed by atoms with E-state index >= 15 is 0 Å². The van der Waals surface area contributed by atoms with Crippen LogP contribution in [0.25, 0.3) is 0 Å². The molecule has 2 rings (SSSR count). The van der Waals surface area contributed by atoms with Gasteiger partial charge in [-0.2, -0.15) is 0 Å². The van der Waals surface area contributed by atoms with Gasteiger partial charge in [0.1, 0.15) is 5.01 Å². The second-order valence-corrected chi connectivity index (χ2v) is 6.50. The Morgan fingerprint density at radius 3 is 3.00 bits per heavy atom. The molecular weight excluding hydrogens is 242 g/mol. The Balaban J connectivity index is 2.05. The molecule has 18 heavy (non-hydrogen) atoms. The summed E-state index contributed by atoms with van der Waals surface area (Å²) in [7, 11) is 0. The van der Waals surface area contributed by atoms with Gasteiger partial charge in [0, 0.05) is 36.2 Å². The van der Waals surface area contributed by atoms with Crippen molar-refractivity contribution < 1.29 is 0 Å². The Bertz CT molecular complexity index is 352. The van der Waals surface area contributed by atoms with Crippen LogP contribution in [-0.2, 0) is 6.54 Å². The van der Waals surface area contributed by atoms with Crippen molar-refractivity contribution >= 4 is 11.3 Å². The van der Waals surface area contributed by atoms with Crippen LogP contribution in [0.3, 0.4) is 0 Å². The van der Waals surface area contributed by atoms with Crippen molar-refractivity contribution in [2.24, 2.45) is 0 Å². The third-order valence-electron chi connectivity index (χ3n) is 4.18. The highest BCUT2D eigenvalue weighted by Gasteiger charge is 2.36. The first-order valence-corrected chi connectivity index (χ1v) is 7.92. The molecule has 0 amide bonds. The van der Waals surface area contributed by atoms with Gasteiger partial charge in [0.25, 0.3) is 0 Å². The van der Waals surface area contributed by atoms with E-state index in [4.69, 9.17) is 0 Å². The van der Waals surface area contributed by atoms with Crippen molar-refractivity contribution in [1.29, 1.82) is 0 Å². The smallest absolute Gasteiger partial charge is 0.107 e. The van der Waals surface area contributed by atoms with Crippen molar-refractivity contribution in [3.05, 3.63) is 16.6 Å². The predicted molar refractivity (Wildman–Crippen MR) is 77.9 cm³/mol. The Kier molecular flexibility index (Phi) is 4.76. The van der Waals surface area contributed by atoms with E-state index in [1.807, 2.05) is 6.20 Å². The van der Waals surface area contributed by atoms with E-state index in [9.17, 15) is 0 Å². The number of nitrogens with one attached hydrogen (secondary N) is 1. The summed E-state index contributed by atoms with van der Waals surface area (Å²) >= 11 is 1.77. The van der Waals surface area contributed by atoms with Crippen LogP contribution in [0.4, 0.5) is 0 Å². The molecule has 1 aliphatic rings. The lowest BCUT2D eigenvalue weighted by Gasteiger charge is -2.47. The van der Waals surface area contributed by atoms with Gasteiger partial charge in [-0.25, -0.2) is 4.98 Å². The van der Waals surface area contributed by atoms with Gasteiger partial charge >= 0.3 is 0 Å². The molecule has 2 heterocycles. The number of nitrogens with zero attached hydrogens (tertiary/aromatic N) is 2. The number of hydrogen-bond acceptors (Lipinski definition) is 4. The molecule has 4 heteroatoms. The summed E-state index contributed by atoms with van der Waals surface area (Å²) in [6.07, 6.45) is 5.62. The Morgan fingerprint density at radius 2 is 2.39 bits per heavy atom. The number of thiazole rings is 1. The van der Waals surface area contributed by atoms with Crippen LogP contribution in [0.1, 0.15) is 45.0 Å². The lowest BCUT2D eigenvalue weighted by molar-refractivity contribution is 0.0396. The molecule has 2 unspecified atom stereocenters. The molecule has 1 aromatic heterocycles. The molecule has 3 nitrogen and oxygen atoms in total. The lowest BCUT2D eigenvalue weighted by Crippen LogP contribution is -2.62. The standard InChI is InChI=1S/C14H25N3S/c1-4-6-12-9-17(10-13-15-7-8-18-13)14(3,5-2)11-16-12/h7-8,12,16H,4-6,9-11H2,1-3H3. The van der Waals surface area contributed by atoms with Gasteiger partial charge in [-0.05, 0) is 19.8 Å². The van der Waals surface area contributed by atoms with Gasteiger partial charge in [0.05, 0.1) is 6.54 Å². The van der Waals surface area contributed by atoms with Crippen molar-refractivity contribution in [1.82, 2.24) is 15.2 Å². The van der Waals surface area contributed by atoms with Gasteiger partial charge in [-0.15, -0.1) is 11.3 Å². The van der Waals surface area contributed by atoms with E-state index in [1.54, 1.807) is 11.3 Å². The fourth-order valence-corrected chi connectivity index (χ4v) is 3.30. The van der Waals surface area contributed by atoms with Crippen molar-refractivity contribution in [3.63, 3.8) is 0 Å². The zero-order valence-electron chi connectivity index (χ0n) is 11.8. The number of aromatic nitrogens is 1. The Labute approximate surface area is 115 Å². The normalized spacial score (nSPS) is 29.6. The summed E-state index contributed by atoms with van der Waals surface area (Å²) in [5, 5.41) is 7.03. The molecule has 0 radical (unpaired) electrons. The van der Waals surface area contributed by atoms with Crippen LogP contribution < -0.4 is 5.32 Å². The molecule has 2 atom stereocenters. The molecule has 1 fully saturated rings. The summed E-state index contributed by atoms with van der Waals surface area (Å²) in [5.74, 6) is 0. The molecule has 0 saturated carbocycles. The fraction of sp³-hybridized carbons (Fsp3) is 0.786. The third-order valence-corrected chi connectivity index (χ3v) is 4.95. The summed E-state index contributed by atoms with van der Waals surface area (Å²) in [4.78, 5) is 7.07. The first kappa shape index (κ1) is 14.0. The van der Waals surface area contributed by atoms with E-state index in [0.717, 1.165) is 19.6 Å². The van der Waals surface area contributed by atoms with Gasteiger partial charge in [-0.1, -0.05) is 20.3 Å². The number of rotatable bonds is 5. The molecule has 102 valence electrons. The Hall–Kier alpha value is -0.450. The van der Waals surface area contributed by atoms with Crippen LogP contribution >= 0.6 is 11.3 Å². The molecule has 1 saturated heterocycles. The quantitative estimate of drug-likeness (QED) is 0.889. The molecule has 1 aromatic rings. The van der Waals surface area contributed by atoms with Crippen molar-refractivity contribution in [2.45, 2.75) is 58.2 Å². The molecule has 1 N–H and O–H groups in total. The first-order chi connectivity index (χ1) is 8.68. The number of piperazine rings is 1. The second kappa shape index (κ2) is 6.13. The van der Waals surface area contributed by atoms with Crippen molar-refractivity contribution in [3.8, 4) is 0 Å². The molecule has 0 aromatic carbocycles. The zero-order chi connectivity index (χ0) is 13.0. The average Bonchev–Trinajstić information content (AvgIpc) is 2.87. The topological polar surface area (TPSA) is 28.2 Å². The molecule has 0 bridgehead atoms. The van der Waals surface area contributed by atoms with Crippen LogP contribution in [0.5, 0.6) is 0 Å². The maximum atomic E-state index is 4.44. The highest BCUT2D eigenvalue weighted by Crippen LogP contribution is 2.26. The second-order valence-electron chi connectivity index (χ2n) is 5.52. The number of hydrogen-bond donors (Lipinski definition) is 1. The monoisotopic (exact) mass is 267 g/mol. The highest BCUT2D eigenvalue weighted by atomic mass is 32.1. The minimum Gasteiger partial charge on any atom is -0.311 e. The van der Waals surface area contributed by atoms with Crippen LogP contribution in [-0.4, -0.2) is 34.6 Å².